The predicted octanol–water partition coefficient (Wildman–Crippen LogP) is 2.09. The molecule has 0 aliphatic rings. The lowest BCUT2D eigenvalue weighted by atomic mass is 10.2. The lowest BCUT2D eigenvalue weighted by Gasteiger charge is -2.06. The van der Waals surface area contributed by atoms with Crippen LogP contribution in [0.1, 0.15) is 5.89 Å². The normalized spacial score (nSPS) is 10.9. The van der Waals surface area contributed by atoms with Crippen LogP contribution in [0.2, 0.25) is 0 Å². The average molecular weight is 377 g/mol. The maximum Gasteiger partial charge on any atom is 0.328 e. The van der Waals surface area contributed by atoms with Crippen LogP contribution in [-0.4, -0.2) is 20.7 Å². The Morgan fingerprint density at radius 2 is 1.75 bits per heavy atom. The van der Waals surface area contributed by atoms with Gasteiger partial charge in [0.05, 0.1) is 17.0 Å². The molecule has 0 bridgehead atoms. The van der Waals surface area contributed by atoms with E-state index in [0.29, 0.717) is 5.76 Å². The van der Waals surface area contributed by atoms with Crippen molar-refractivity contribution < 1.29 is 13.9 Å². The Morgan fingerprint density at radius 3 is 2.54 bits per heavy atom. The molecule has 0 amide bonds. The number of fused-ring (bicyclic) bond motifs is 1. The van der Waals surface area contributed by atoms with Gasteiger partial charge in [-0.25, -0.2) is 9.67 Å². The summed E-state index contributed by atoms with van der Waals surface area (Å²) in [4.78, 5) is 40.6. The number of esters is 1. The van der Waals surface area contributed by atoms with Crippen LogP contribution in [-0.2, 0) is 22.7 Å². The van der Waals surface area contributed by atoms with Crippen LogP contribution in [0.4, 0.5) is 0 Å². The maximum absolute atomic E-state index is 12.4. The first-order valence-electron chi connectivity index (χ1n) is 8.49. The molecule has 2 heterocycles. The third kappa shape index (κ3) is 3.48. The first-order chi connectivity index (χ1) is 13.6. The fraction of sp³-hybridized carbons (Fsp3) is 0.100. The second-order valence-corrected chi connectivity index (χ2v) is 6.02. The minimum absolute atomic E-state index is 0.182. The van der Waals surface area contributed by atoms with Crippen molar-refractivity contribution >= 4 is 16.7 Å². The smallest absolute Gasteiger partial charge is 0.328 e. The molecule has 2 aromatic carbocycles. The van der Waals surface area contributed by atoms with Gasteiger partial charge in [-0.2, -0.15) is 0 Å². The average Bonchev–Trinajstić information content (AvgIpc) is 3.20. The number of hydrogen-bond donors (Lipinski definition) is 1. The van der Waals surface area contributed by atoms with Crippen molar-refractivity contribution in [3.63, 3.8) is 0 Å². The quantitative estimate of drug-likeness (QED) is 0.534. The lowest BCUT2D eigenvalue weighted by Crippen LogP contribution is -2.32. The highest BCUT2D eigenvalue weighted by atomic mass is 16.5. The topological polar surface area (TPSA) is 107 Å². The number of aromatic amines is 1. The van der Waals surface area contributed by atoms with E-state index in [1.54, 1.807) is 24.4 Å². The third-order valence-corrected chi connectivity index (χ3v) is 4.14. The van der Waals surface area contributed by atoms with Gasteiger partial charge in [0.25, 0.3) is 11.1 Å². The number of nitrogens with zero attached hydrogens (tertiary/aromatic N) is 2. The Morgan fingerprint density at radius 1 is 1.04 bits per heavy atom. The van der Waals surface area contributed by atoms with E-state index < -0.39 is 23.6 Å². The molecule has 0 atom stereocenters. The Balaban J connectivity index is 1.45. The van der Waals surface area contributed by atoms with Crippen LogP contribution in [0, 0.1) is 0 Å². The van der Waals surface area contributed by atoms with Gasteiger partial charge in [0.2, 0.25) is 5.89 Å². The summed E-state index contributed by atoms with van der Waals surface area (Å²) in [6.07, 6.45) is 1.55. The van der Waals surface area contributed by atoms with Crippen LogP contribution in [0.5, 0.6) is 0 Å². The number of carbonyl (C=O) groups is 1. The molecule has 28 heavy (non-hydrogen) atoms. The number of ether oxygens (including phenoxy) is 1. The van der Waals surface area contributed by atoms with Gasteiger partial charge in [-0.15, -0.1) is 0 Å². The summed E-state index contributed by atoms with van der Waals surface area (Å²) in [6, 6.07) is 15.8. The fourth-order valence-electron chi connectivity index (χ4n) is 2.79. The predicted molar refractivity (Wildman–Crippen MR) is 101 cm³/mol. The van der Waals surface area contributed by atoms with E-state index >= 15 is 0 Å². The minimum Gasteiger partial charge on any atom is -0.454 e. The highest BCUT2D eigenvalue weighted by Crippen LogP contribution is 2.19. The molecule has 4 rings (SSSR count). The summed E-state index contributed by atoms with van der Waals surface area (Å²) < 4.78 is 11.6. The SMILES string of the molecule is O=C(Cn1[nH]c(=O)c2ccccc2c1=O)OCc1ncc(-c2ccccc2)o1. The van der Waals surface area contributed by atoms with Crippen LogP contribution in [0.25, 0.3) is 22.1 Å². The molecule has 140 valence electrons. The molecular weight excluding hydrogens is 362 g/mol. The Kier molecular flexibility index (Phi) is 4.59. The molecule has 0 unspecified atom stereocenters. The van der Waals surface area contributed by atoms with Gasteiger partial charge >= 0.3 is 5.97 Å². The molecule has 8 nitrogen and oxygen atoms in total. The van der Waals surface area contributed by atoms with Crippen LogP contribution in [0.15, 0.2) is 74.8 Å². The van der Waals surface area contributed by atoms with E-state index in [0.717, 1.165) is 10.2 Å². The molecule has 4 aromatic rings. The Hall–Kier alpha value is -3.94. The number of carbonyl (C=O) groups excluding carboxylic acids is 1. The van der Waals surface area contributed by atoms with Crippen molar-refractivity contribution in [2.45, 2.75) is 13.2 Å². The Bertz CT molecular complexity index is 1250. The second-order valence-electron chi connectivity index (χ2n) is 6.02. The van der Waals surface area contributed by atoms with Gasteiger partial charge in [0, 0.05) is 5.56 Å². The number of oxazole rings is 1. The van der Waals surface area contributed by atoms with Gasteiger partial charge in [-0.05, 0) is 12.1 Å². The van der Waals surface area contributed by atoms with Gasteiger partial charge in [-0.3, -0.25) is 19.5 Å². The number of benzene rings is 2. The second kappa shape index (κ2) is 7.36. The number of rotatable bonds is 5. The number of nitrogens with one attached hydrogen (secondary N) is 1. The van der Waals surface area contributed by atoms with E-state index in [1.807, 2.05) is 30.3 Å². The first kappa shape index (κ1) is 17.5. The summed E-state index contributed by atoms with van der Waals surface area (Å²) in [6.45, 7) is -0.608. The van der Waals surface area contributed by atoms with Gasteiger partial charge in [-0.1, -0.05) is 42.5 Å². The van der Waals surface area contributed by atoms with Crippen molar-refractivity contribution in [2.24, 2.45) is 0 Å². The van der Waals surface area contributed by atoms with Crippen molar-refractivity contribution in [1.29, 1.82) is 0 Å². The summed E-state index contributed by atoms with van der Waals surface area (Å²) in [5.74, 6) is 0.0841. The highest BCUT2D eigenvalue weighted by molar-refractivity contribution is 5.80. The first-order valence-corrected chi connectivity index (χ1v) is 8.49. The summed E-state index contributed by atoms with van der Waals surface area (Å²) >= 11 is 0. The standard InChI is InChI=1S/C20H15N3O5/c24-18(11-23-20(26)15-9-5-4-8-14(15)19(25)22-23)27-12-17-21-10-16(28-17)13-6-2-1-3-7-13/h1-10H,11-12H2,(H,22,25). The monoisotopic (exact) mass is 377 g/mol. The lowest BCUT2D eigenvalue weighted by molar-refractivity contribution is -0.146. The molecule has 0 aliphatic heterocycles. The molecule has 0 aliphatic carbocycles. The molecule has 1 N–H and O–H groups in total. The molecule has 0 radical (unpaired) electrons. The highest BCUT2D eigenvalue weighted by Gasteiger charge is 2.13. The Labute approximate surface area is 158 Å². The third-order valence-electron chi connectivity index (χ3n) is 4.14. The van der Waals surface area contributed by atoms with E-state index in [2.05, 4.69) is 10.1 Å². The van der Waals surface area contributed by atoms with E-state index in [1.165, 1.54) is 6.07 Å². The van der Waals surface area contributed by atoms with Crippen LogP contribution < -0.4 is 11.1 Å². The molecule has 0 spiro atoms. The van der Waals surface area contributed by atoms with E-state index in [4.69, 9.17) is 9.15 Å². The van der Waals surface area contributed by atoms with E-state index in [-0.39, 0.29) is 23.3 Å². The van der Waals surface area contributed by atoms with E-state index in [9.17, 15) is 14.4 Å². The molecule has 0 saturated carbocycles. The number of aromatic nitrogens is 3. The van der Waals surface area contributed by atoms with Crippen LogP contribution in [0.3, 0.4) is 0 Å². The molecule has 8 heteroatoms. The minimum atomic E-state index is -0.701. The molecule has 0 saturated heterocycles. The van der Waals surface area contributed by atoms with Crippen molar-refractivity contribution in [3.05, 3.63) is 87.4 Å². The molecule has 2 aromatic heterocycles. The summed E-state index contributed by atoms with van der Waals surface area (Å²) in [5.41, 5.74) is -0.0780. The number of hydrogen-bond acceptors (Lipinski definition) is 6. The zero-order valence-corrected chi connectivity index (χ0v) is 14.6. The number of H-pyrrole nitrogens is 1. The zero-order valence-electron chi connectivity index (χ0n) is 14.6. The van der Waals surface area contributed by atoms with Gasteiger partial charge < -0.3 is 9.15 Å². The van der Waals surface area contributed by atoms with Gasteiger partial charge in [0.15, 0.2) is 12.4 Å². The van der Waals surface area contributed by atoms with Crippen molar-refractivity contribution in [1.82, 2.24) is 14.8 Å². The van der Waals surface area contributed by atoms with Gasteiger partial charge in [0.1, 0.15) is 6.54 Å². The van der Waals surface area contributed by atoms with Crippen molar-refractivity contribution in [3.8, 4) is 11.3 Å². The fourth-order valence-corrected chi connectivity index (χ4v) is 2.79. The van der Waals surface area contributed by atoms with Crippen molar-refractivity contribution in [2.75, 3.05) is 0 Å². The summed E-state index contributed by atoms with van der Waals surface area (Å²) in [7, 11) is 0. The zero-order chi connectivity index (χ0) is 19.5. The largest absolute Gasteiger partial charge is 0.454 e. The maximum atomic E-state index is 12.4. The molecular formula is C20H15N3O5. The summed E-state index contributed by atoms with van der Waals surface area (Å²) in [5, 5.41) is 2.89. The van der Waals surface area contributed by atoms with Crippen LogP contribution >= 0.6 is 0 Å². The molecule has 0 fully saturated rings.